The topological polar surface area (TPSA) is 375 Å². The van der Waals surface area contributed by atoms with Gasteiger partial charge in [-0.25, -0.2) is 9.59 Å². The summed E-state index contributed by atoms with van der Waals surface area (Å²) in [6.45, 7) is 2.28. The number of rotatable bonds is 46. The van der Waals surface area contributed by atoms with Gasteiger partial charge in [0.2, 0.25) is 29.5 Å². The molecule has 6 amide bonds. The number of nitrogens with zero attached hydrogens (tertiary/aromatic N) is 6. The third kappa shape index (κ3) is 21.9. The van der Waals surface area contributed by atoms with E-state index in [1.807, 2.05) is 36.4 Å². The molecule has 101 heavy (non-hydrogen) atoms. The lowest BCUT2D eigenvalue weighted by Gasteiger charge is -2.51. The highest BCUT2D eigenvalue weighted by Gasteiger charge is 2.52. The van der Waals surface area contributed by atoms with Gasteiger partial charge < -0.3 is 64.5 Å². The van der Waals surface area contributed by atoms with Gasteiger partial charge in [0.1, 0.15) is 24.6 Å². The SMILES string of the molecule is CB(O)NCCCCCCCC(=O)Nc1ccc2c(c1)C1(CCC(=O)NCCOCCN(C)C(=O)[C@@H]3C[C@H](N=[N+]=[N-])CN3C(=O)COc3ccc4c(=O)oc(=O)n(C)c4c3)c3cc(NC(=O)CCCCCCC[B]OC=N)ccc3C2c2ccc(NC(=O)CCCCCCC[B]OC=N)cc21. The molecule has 3 aliphatic carbocycles. The van der Waals surface area contributed by atoms with E-state index in [1.54, 1.807) is 28.8 Å². The third-order valence-electron chi connectivity index (χ3n) is 18.8. The molecule has 0 unspecified atom stereocenters. The number of carbonyl (C=O) groups excluding carboxylic acids is 6. The highest BCUT2D eigenvalue weighted by molar-refractivity contribution is 6.45. The summed E-state index contributed by atoms with van der Waals surface area (Å²) in [6, 6.07) is 20.6. The number of anilines is 3. The van der Waals surface area contributed by atoms with Gasteiger partial charge in [-0.3, -0.25) is 44.2 Å². The molecule has 2 atom stereocenters. The van der Waals surface area contributed by atoms with Crippen LogP contribution in [-0.2, 0) is 55.3 Å². The van der Waals surface area contributed by atoms with Crippen LogP contribution in [-0.4, -0.2) is 155 Å². The van der Waals surface area contributed by atoms with Crippen LogP contribution in [0.25, 0.3) is 21.3 Å². The molecule has 2 radical (unpaired) electrons. The number of nitrogens with one attached hydrogen (secondary N) is 7. The third-order valence-corrected chi connectivity index (χ3v) is 18.8. The number of likely N-dealkylation sites (tertiary alicyclic amines) is 1. The summed E-state index contributed by atoms with van der Waals surface area (Å²) in [5.74, 6) is -2.60. The van der Waals surface area contributed by atoms with Crippen molar-refractivity contribution in [2.45, 2.75) is 178 Å². The maximum Gasteiger partial charge on any atom is 0.422 e. The summed E-state index contributed by atoms with van der Waals surface area (Å²) in [5.41, 5.74) is 15.1. The van der Waals surface area contributed by atoms with E-state index in [2.05, 4.69) is 54.7 Å². The Balaban J connectivity index is 0.963. The molecule has 5 aromatic rings. The van der Waals surface area contributed by atoms with Crippen molar-refractivity contribution >= 4 is 98.2 Å². The summed E-state index contributed by atoms with van der Waals surface area (Å²) in [6.07, 6.45) is 17.8. The number of amides is 6. The number of carbonyl (C=O) groups is 6. The minimum Gasteiger partial charge on any atom is -0.556 e. The van der Waals surface area contributed by atoms with Crippen molar-refractivity contribution in [1.29, 1.82) is 10.8 Å². The number of benzene rings is 4. The normalized spacial score (nSPS) is 16.0. The number of ether oxygens (including phenoxy) is 2. The molecule has 8 N–H and O–H groups in total. The molecule has 1 saturated heterocycles. The van der Waals surface area contributed by atoms with Gasteiger partial charge in [0.15, 0.2) is 6.61 Å². The van der Waals surface area contributed by atoms with Gasteiger partial charge in [-0.1, -0.05) is 93.9 Å². The van der Waals surface area contributed by atoms with Crippen molar-refractivity contribution in [1.82, 2.24) is 24.9 Å². The van der Waals surface area contributed by atoms with Crippen molar-refractivity contribution in [3.8, 4) is 5.75 Å². The zero-order chi connectivity index (χ0) is 72.1. The van der Waals surface area contributed by atoms with Crippen LogP contribution in [0, 0.1) is 10.8 Å². The summed E-state index contributed by atoms with van der Waals surface area (Å²) in [5, 5.41) is 43.1. The van der Waals surface area contributed by atoms with Crippen LogP contribution in [0.2, 0.25) is 19.5 Å². The van der Waals surface area contributed by atoms with Crippen molar-refractivity contribution in [2.75, 3.05) is 69.0 Å². The van der Waals surface area contributed by atoms with Gasteiger partial charge in [-0.15, -0.1) is 0 Å². The van der Waals surface area contributed by atoms with Gasteiger partial charge in [-0.05, 0) is 152 Å². The van der Waals surface area contributed by atoms with E-state index in [0.717, 1.165) is 147 Å². The van der Waals surface area contributed by atoms with E-state index in [-0.39, 0.29) is 98.3 Å². The molecule has 1 aliphatic heterocycles. The summed E-state index contributed by atoms with van der Waals surface area (Å²) in [4.78, 5) is 113. The van der Waals surface area contributed by atoms with Crippen LogP contribution < -0.4 is 42.6 Å². The van der Waals surface area contributed by atoms with Crippen LogP contribution in [0.1, 0.15) is 174 Å². The molecule has 27 nitrogen and oxygen atoms in total. The average Bonchev–Trinajstić information content (AvgIpc) is 0.936. The standard InChI is InChI=1S/C71H94B3N13O14/c1-74(96)79-34-18-12-6-9-15-21-65(91)82-50-24-28-55-59(41-50)71(31-30-62(88)78-35-37-97-38-36-85(2)68(93)61-42-51(83-84-77)44-87(61)66(92)45-98-52-25-29-56-60(43-52)86(3)70(95)101-69(56)94)57-39-48(80-63(89)19-13-7-4-10-16-32-72-99-46-75)22-26-53(57)67(55)54-27-23-49(40-58(54)71)81-64(90)20-14-8-5-11-17-33-73-100-47-76/h22-29,39-41,43,46-47,51,61,67,75-76,79,96H,4-21,30-38,42,44-45H2,1-3H3,(H,78,88)(H,80,89)(H,81,90)(H,82,91)/t51-,61-,67?,71?/m0/s1. The van der Waals surface area contributed by atoms with E-state index in [0.29, 0.717) is 55.6 Å². The van der Waals surface area contributed by atoms with Crippen LogP contribution >= 0.6 is 0 Å². The maximum atomic E-state index is 14.4. The zero-order valence-electron chi connectivity index (χ0n) is 58.2. The number of azide groups is 1. The first kappa shape index (κ1) is 77.5. The number of unbranched alkanes of at least 4 members (excludes halogenated alkanes) is 12. The van der Waals surface area contributed by atoms with Crippen LogP contribution in [0.15, 0.2) is 91.9 Å². The largest absolute Gasteiger partial charge is 0.556 e. The monoisotopic (exact) mass is 1390 g/mol. The lowest BCUT2D eigenvalue weighted by molar-refractivity contribution is -0.144. The number of aromatic nitrogens is 1. The first-order chi connectivity index (χ1) is 48.9. The van der Waals surface area contributed by atoms with Crippen molar-refractivity contribution in [3.05, 3.63) is 138 Å². The molecule has 9 rings (SSSR count). The summed E-state index contributed by atoms with van der Waals surface area (Å²) < 4.78 is 27.4. The molecule has 1 fully saturated rings. The zero-order valence-corrected chi connectivity index (χ0v) is 58.2. The Morgan fingerprint density at radius 1 is 0.713 bits per heavy atom. The smallest absolute Gasteiger partial charge is 0.422 e. The highest BCUT2D eigenvalue weighted by Crippen LogP contribution is 2.62. The van der Waals surface area contributed by atoms with Crippen molar-refractivity contribution in [2.24, 2.45) is 12.2 Å². The number of likely N-dealkylation sites (N-methyl/N-ethyl adjacent to an activating group) is 1. The molecule has 0 spiro atoms. The first-order valence-electron chi connectivity index (χ1n) is 35.3. The van der Waals surface area contributed by atoms with Crippen molar-refractivity contribution < 1.29 is 57.0 Å². The quantitative estimate of drug-likeness (QED) is 0.00342. The van der Waals surface area contributed by atoms with Crippen LogP contribution in [0.4, 0.5) is 17.1 Å². The molecular formula is C71H94B3N13O14. The van der Waals surface area contributed by atoms with E-state index >= 15 is 0 Å². The fourth-order valence-electron chi connectivity index (χ4n) is 13.7. The Labute approximate surface area is 590 Å². The van der Waals surface area contributed by atoms with Gasteiger partial charge in [0.05, 0.1) is 30.2 Å². The molecule has 4 aromatic carbocycles. The molecule has 2 heterocycles. The summed E-state index contributed by atoms with van der Waals surface area (Å²) >= 11 is 0. The number of fused-ring (bicyclic) bond motifs is 1. The fourth-order valence-corrected chi connectivity index (χ4v) is 13.7. The Morgan fingerprint density at radius 3 is 1.76 bits per heavy atom. The Hall–Kier alpha value is -9.24. The molecular weight excluding hydrogens is 1290 g/mol. The molecule has 536 valence electrons. The molecule has 0 saturated carbocycles. The highest BCUT2D eigenvalue weighted by atomic mass is 16.5. The molecule has 4 aliphatic rings. The van der Waals surface area contributed by atoms with E-state index in [9.17, 15) is 48.9 Å². The first-order valence-corrected chi connectivity index (χ1v) is 35.3. The second-order valence-corrected chi connectivity index (χ2v) is 26.1. The minimum absolute atomic E-state index is 0.0150. The predicted molar refractivity (Wildman–Crippen MR) is 389 cm³/mol. The second kappa shape index (κ2) is 39.7. The number of aryl methyl sites for hydroxylation is 1. The van der Waals surface area contributed by atoms with Gasteiger partial charge in [-0.2, -0.15) is 0 Å². The predicted octanol–water partition coefficient (Wildman–Crippen LogP) is 9.22. The number of hydrogen-bond acceptors (Lipinski definition) is 18. The van der Waals surface area contributed by atoms with Crippen LogP contribution in [0.3, 0.4) is 0 Å². The van der Waals surface area contributed by atoms with Crippen LogP contribution in [0.5, 0.6) is 5.75 Å². The van der Waals surface area contributed by atoms with E-state index < -0.39 is 54.4 Å². The fraction of sp³-hybridized carbons (Fsp3) is 0.521. The van der Waals surface area contributed by atoms with E-state index in [1.165, 1.54) is 35.0 Å². The van der Waals surface area contributed by atoms with Gasteiger partial charge >= 0.3 is 33.4 Å². The Morgan fingerprint density at radius 2 is 1.24 bits per heavy atom. The molecule has 30 heteroatoms. The maximum absolute atomic E-state index is 14.4. The summed E-state index contributed by atoms with van der Waals surface area (Å²) in [7, 11) is 5.66. The number of hydrogen-bond donors (Lipinski definition) is 8. The Kier molecular flexibility index (Phi) is 30.4. The van der Waals surface area contributed by atoms with Crippen molar-refractivity contribution in [3.63, 3.8) is 0 Å². The lowest BCUT2D eigenvalue weighted by Crippen LogP contribution is -2.48. The van der Waals surface area contributed by atoms with E-state index in [4.69, 9.17) is 34.0 Å². The minimum atomic E-state index is -1.05. The van der Waals surface area contributed by atoms with Gasteiger partial charge in [0.25, 0.3) is 5.91 Å². The molecule has 1 aromatic heterocycles. The lowest BCUT2D eigenvalue weighted by atomic mass is 9.51. The molecule has 2 bridgehead atoms. The Bertz CT molecular complexity index is 3780. The average molecular weight is 1390 g/mol. The van der Waals surface area contributed by atoms with Gasteiger partial charge in [0, 0.05) is 98.8 Å². The second-order valence-electron chi connectivity index (χ2n) is 26.1.